The van der Waals surface area contributed by atoms with Crippen LogP contribution in [0.25, 0.3) is 0 Å². The lowest BCUT2D eigenvalue weighted by molar-refractivity contribution is 0.0929. The Balaban J connectivity index is 1.66. The summed E-state index contributed by atoms with van der Waals surface area (Å²) in [4.78, 5) is 26.9. The van der Waals surface area contributed by atoms with Crippen LogP contribution in [0.5, 0.6) is 0 Å². The Morgan fingerprint density at radius 1 is 0.966 bits per heavy atom. The number of nitrogens with zero attached hydrogens (tertiary/aromatic N) is 1. The maximum atomic E-state index is 12.7. The third-order valence-electron chi connectivity index (χ3n) is 4.26. The lowest BCUT2D eigenvalue weighted by Crippen LogP contribution is -2.35. The summed E-state index contributed by atoms with van der Waals surface area (Å²) in [6.45, 7) is 0.683. The predicted molar refractivity (Wildman–Crippen MR) is 116 cm³/mol. The number of amides is 2. The maximum absolute atomic E-state index is 12.7. The minimum absolute atomic E-state index is 0.129. The maximum Gasteiger partial charge on any atom is 0.291 e. The predicted octanol–water partition coefficient (Wildman–Crippen LogP) is 4.33. The van der Waals surface area contributed by atoms with Crippen LogP contribution in [0.4, 0.5) is 5.69 Å². The fraction of sp³-hybridized carbons (Fsp3) is 0.182. The van der Waals surface area contributed by atoms with Gasteiger partial charge in [0.15, 0.2) is 10.4 Å². The summed E-state index contributed by atoms with van der Waals surface area (Å²) in [5.74, 6) is -0.329. The molecule has 0 saturated carbocycles. The van der Waals surface area contributed by atoms with E-state index in [-0.39, 0.29) is 23.6 Å². The molecular weight excluding hydrogens is 434 g/mol. The zero-order valence-corrected chi connectivity index (χ0v) is 17.8. The fourth-order valence-corrected chi connectivity index (χ4v) is 3.17. The van der Waals surface area contributed by atoms with Gasteiger partial charge in [0.2, 0.25) is 0 Å². The molecule has 29 heavy (non-hydrogen) atoms. The summed E-state index contributed by atoms with van der Waals surface area (Å²) >= 11 is 3.17. The molecule has 0 aliphatic carbocycles. The minimum atomic E-state index is -0.358. The normalized spacial score (nSPS) is 11.9. The highest BCUT2D eigenvalue weighted by molar-refractivity contribution is 9.10. The van der Waals surface area contributed by atoms with Gasteiger partial charge in [0.25, 0.3) is 11.8 Å². The lowest BCUT2D eigenvalue weighted by Gasteiger charge is -2.23. The molecular formula is C22H22BrN3O3. The molecule has 0 spiro atoms. The Labute approximate surface area is 178 Å². The first-order valence-electron chi connectivity index (χ1n) is 9.09. The van der Waals surface area contributed by atoms with Crippen molar-refractivity contribution in [2.24, 2.45) is 0 Å². The number of hydrogen-bond acceptors (Lipinski definition) is 4. The fourth-order valence-electron chi connectivity index (χ4n) is 2.86. The topological polar surface area (TPSA) is 74.6 Å². The van der Waals surface area contributed by atoms with Gasteiger partial charge >= 0.3 is 0 Å². The number of hydrogen-bond donors (Lipinski definition) is 2. The largest absolute Gasteiger partial charge is 0.444 e. The average Bonchev–Trinajstić information content (AvgIpc) is 3.15. The number of rotatable bonds is 7. The van der Waals surface area contributed by atoms with Gasteiger partial charge in [0, 0.05) is 17.8 Å². The molecule has 2 N–H and O–H groups in total. The van der Waals surface area contributed by atoms with E-state index in [1.165, 1.54) is 0 Å². The number of nitrogens with one attached hydrogen (secondary N) is 2. The van der Waals surface area contributed by atoms with E-state index < -0.39 is 0 Å². The molecule has 0 radical (unpaired) electrons. The van der Waals surface area contributed by atoms with Gasteiger partial charge in [0.1, 0.15) is 0 Å². The molecule has 0 bridgehead atoms. The lowest BCUT2D eigenvalue weighted by atomic mass is 10.1. The smallest absolute Gasteiger partial charge is 0.291 e. The molecule has 6 nitrogen and oxygen atoms in total. The molecule has 2 aromatic carbocycles. The number of furan rings is 1. The first-order valence-corrected chi connectivity index (χ1v) is 9.89. The van der Waals surface area contributed by atoms with Gasteiger partial charge in [-0.3, -0.25) is 9.59 Å². The first-order chi connectivity index (χ1) is 13.9. The molecule has 1 unspecified atom stereocenters. The van der Waals surface area contributed by atoms with E-state index in [4.69, 9.17) is 4.42 Å². The summed E-state index contributed by atoms with van der Waals surface area (Å²) in [5, 5.41) is 5.82. The van der Waals surface area contributed by atoms with E-state index >= 15 is 0 Å². The molecule has 3 rings (SSSR count). The Bertz CT molecular complexity index is 968. The van der Waals surface area contributed by atoms with Crippen LogP contribution >= 0.6 is 15.9 Å². The molecule has 3 aromatic rings. The second kappa shape index (κ2) is 9.54. The van der Waals surface area contributed by atoms with Crippen molar-refractivity contribution in [1.82, 2.24) is 10.2 Å². The molecule has 1 heterocycles. The van der Waals surface area contributed by atoms with Gasteiger partial charge < -0.3 is 20.0 Å². The average molecular weight is 456 g/mol. The number of likely N-dealkylation sites (N-methyl/N-ethyl adjacent to an activating group) is 1. The third-order valence-corrected chi connectivity index (χ3v) is 4.68. The summed E-state index contributed by atoms with van der Waals surface area (Å²) < 4.78 is 5.72. The van der Waals surface area contributed by atoms with E-state index in [1.54, 1.807) is 36.4 Å². The number of anilines is 1. The molecule has 0 aliphatic heterocycles. The molecule has 0 fully saturated rings. The third kappa shape index (κ3) is 5.79. The molecule has 7 heteroatoms. The second-order valence-corrected chi connectivity index (χ2v) is 7.62. The van der Waals surface area contributed by atoms with Crippen LogP contribution in [0.3, 0.4) is 0 Å². The van der Waals surface area contributed by atoms with Gasteiger partial charge in [-0.25, -0.2) is 0 Å². The van der Waals surface area contributed by atoms with Crippen molar-refractivity contribution in [3.63, 3.8) is 0 Å². The summed E-state index contributed by atoms with van der Waals surface area (Å²) in [5.41, 5.74) is 2.14. The summed E-state index contributed by atoms with van der Waals surface area (Å²) in [6, 6.07) is 19.7. The van der Waals surface area contributed by atoms with Gasteiger partial charge in [-0.15, -0.1) is 0 Å². The molecule has 2 amide bonds. The second-order valence-electron chi connectivity index (χ2n) is 6.83. The van der Waals surface area contributed by atoms with Crippen LogP contribution < -0.4 is 10.6 Å². The number of carbonyl (C=O) groups is 2. The number of halogens is 1. The van der Waals surface area contributed by atoms with Crippen LogP contribution in [0, 0.1) is 0 Å². The van der Waals surface area contributed by atoms with Crippen molar-refractivity contribution < 1.29 is 14.0 Å². The van der Waals surface area contributed by atoms with Crippen LogP contribution in [-0.2, 0) is 0 Å². The highest BCUT2D eigenvalue weighted by Gasteiger charge is 2.17. The summed E-state index contributed by atoms with van der Waals surface area (Å²) in [6.07, 6.45) is 0. The van der Waals surface area contributed by atoms with Crippen LogP contribution in [0.2, 0.25) is 0 Å². The molecule has 0 aliphatic rings. The highest BCUT2D eigenvalue weighted by Crippen LogP contribution is 2.18. The van der Waals surface area contributed by atoms with Gasteiger partial charge in [-0.2, -0.15) is 0 Å². The van der Waals surface area contributed by atoms with E-state index in [0.29, 0.717) is 22.5 Å². The van der Waals surface area contributed by atoms with Crippen molar-refractivity contribution in [2.75, 3.05) is 26.0 Å². The molecule has 0 saturated heterocycles. The SMILES string of the molecule is CN(C)CC(NC(=O)c1ccc(NC(=O)c2ccc(Br)o2)cc1)c1ccccc1. The van der Waals surface area contributed by atoms with Crippen molar-refractivity contribution in [3.05, 3.63) is 88.3 Å². The van der Waals surface area contributed by atoms with Gasteiger partial charge in [0.05, 0.1) is 6.04 Å². The minimum Gasteiger partial charge on any atom is -0.444 e. The van der Waals surface area contributed by atoms with Crippen LogP contribution in [-0.4, -0.2) is 37.4 Å². The molecule has 1 atom stereocenters. The van der Waals surface area contributed by atoms with Gasteiger partial charge in [-0.1, -0.05) is 30.3 Å². The Hall–Kier alpha value is -2.90. The Morgan fingerprint density at radius 2 is 1.66 bits per heavy atom. The van der Waals surface area contributed by atoms with Crippen molar-refractivity contribution in [2.45, 2.75) is 6.04 Å². The van der Waals surface area contributed by atoms with E-state index in [2.05, 4.69) is 26.6 Å². The highest BCUT2D eigenvalue weighted by atomic mass is 79.9. The van der Waals surface area contributed by atoms with E-state index in [9.17, 15) is 9.59 Å². The zero-order chi connectivity index (χ0) is 20.8. The van der Waals surface area contributed by atoms with E-state index in [1.807, 2.05) is 49.3 Å². The first kappa shape index (κ1) is 20.8. The van der Waals surface area contributed by atoms with E-state index in [0.717, 1.165) is 5.56 Å². The van der Waals surface area contributed by atoms with Crippen molar-refractivity contribution in [1.29, 1.82) is 0 Å². The van der Waals surface area contributed by atoms with Gasteiger partial charge in [-0.05, 0) is 72.0 Å². The zero-order valence-electron chi connectivity index (χ0n) is 16.2. The summed E-state index contributed by atoms with van der Waals surface area (Å²) in [7, 11) is 3.94. The van der Waals surface area contributed by atoms with Crippen molar-refractivity contribution in [3.8, 4) is 0 Å². The number of benzene rings is 2. The Kier molecular flexibility index (Phi) is 6.85. The number of carbonyl (C=O) groups excluding carboxylic acids is 2. The quantitative estimate of drug-likeness (QED) is 0.555. The van der Waals surface area contributed by atoms with Crippen LogP contribution in [0.1, 0.15) is 32.5 Å². The Morgan fingerprint density at radius 3 is 2.24 bits per heavy atom. The standard InChI is InChI=1S/C22H22BrN3O3/c1-26(2)14-18(15-6-4-3-5-7-15)25-21(27)16-8-10-17(11-9-16)24-22(28)19-12-13-20(23)29-19/h3-13,18H,14H2,1-2H3,(H,24,28)(H,25,27). The molecule has 150 valence electrons. The molecule has 1 aromatic heterocycles. The van der Waals surface area contributed by atoms with Crippen molar-refractivity contribution >= 4 is 33.4 Å². The monoisotopic (exact) mass is 455 g/mol. The van der Waals surface area contributed by atoms with Crippen LogP contribution in [0.15, 0.2) is 75.8 Å².